The van der Waals surface area contributed by atoms with Crippen molar-refractivity contribution in [3.05, 3.63) is 35.9 Å². The Morgan fingerprint density at radius 1 is 1.22 bits per heavy atom. The van der Waals surface area contributed by atoms with Gasteiger partial charge in [-0.3, -0.25) is 14.4 Å². The second-order valence-electron chi connectivity index (χ2n) is 6.12. The molecule has 1 aromatic carbocycles. The number of carboxylic acid groups (broad SMARTS) is 1. The largest absolute Gasteiger partial charge is 0.481 e. The fourth-order valence-electron chi connectivity index (χ4n) is 2.95. The van der Waals surface area contributed by atoms with E-state index >= 15 is 0 Å². The van der Waals surface area contributed by atoms with Crippen molar-refractivity contribution in [3.63, 3.8) is 0 Å². The van der Waals surface area contributed by atoms with E-state index in [1.165, 1.54) is 6.92 Å². The Bertz CT molecular complexity index is 582. The Labute approximate surface area is 135 Å². The van der Waals surface area contributed by atoms with Gasteiger partial charge >= 0.3 is 5.97 Å². The van der Waals surface area contributed by atoms with E-state index in [4.69, 9.17) is 5.11 Å². The van der Waals surface area contributed by atoms with Crippen LogP contribution in [0.1, 0.15) is 50.6 Å². The summed E-state index contributed by atoms with van der Waals surface area (Å²) in [5.74, 6) is -1.37. The fourth-order valence-corrected chi connectivity index (χ4v) is 2.95. The lowest BCUT2D eigenvalue weighted by atomic mass is 9.74. The molecule has 6 heteroatoms. The van der Waals surface area contributed by atoms with Gasteiger partial charge in [-0.2, -0.15) is 0 Å². The first-order chi connectivity index (χ1) is 10.9. The lowest BCUT2D eigenvalue weighted by Gasteiger charge is -2.41. The third-order valence-corrected chi connectivity index (χ3v) is 4.17. The van der Waals surface area contributed by atoms with Crippen LogP contribution in [0.25, 0.3) is 0 Å². The molecule has 0 saturated heterocycles. The smallest absolute Gasteiger partial charge is 0.305 e. The zero-order chi connectivity index (χ0) is 16.9. The van der Waals surface area contributed by atoms with E-state index in [1.54, 1.807) is 0 Å². The highest BCUT2D eigenvalue weighted by Gasteiger charge is 2.40. The molecule has 0 bridgehead atoms. The normalized spacial score (nSPS) is 16.7. The van der Waals surface area contributed by atoms with Crippen LogP contribution in [-0.2, 0) is 14.4 Å². The molecule has 3 N–H and O–H groups in total. The quantitative estimate of drug-likeness (QED) is 0.714. The first-order valence-corrected chi connectivity index (χ1v) is 7.75. The van der Waals surface area contributed by atoms with E-state index in [0.717, 1.165) is 12.0 Å². The van der Waals surface area contributed by atoms with E-state index in [0.29, 0.717) is 12.8 Å². The Kier molecular flexibility index (Phi) is 5.36. The molecule has 0 radical (unpaired) electrons. The van der Waals surface area contributed by atoms with Gasteiger partial charge in [0.1, 0.15) is 0 Å². The molecule has 2 rings (SSSR count). The van der Waals surface area contributed by atoms with E-state index < -0.39 is 17.6 Å². The summed E-state index contributed by atoms with van der Waals surface area (Å²) >= 11 is 0. The third-order valence-electron chi connectivity index (χ3n) is 4.17. The number of carboxylic acids is 1. The number of nitrogens with one attached hydrogen (secondary N) is 2. The van der Waals surface area contributed by atoms with Gasteiger partial charge in [0.25, 0.3) is 0 Å². The Morgan fingerprint density at radius 2 is 1.87 bits per heavy atom. The average Bonchev–Trinajstić information content (AvgIpc) is 2.44. The van der Waals surface area contributed by atoms with Crippen molar-refractivity contribution in [2.75, 3.05) is 0 Å². The predicted molar refractivity (Wildman–Crippen MR) is 84.6 cm³/mol. The summed E-state index contributed by atoms with van der Waals surface area (Å²) in [6.07, 6.45) is 2.31. The zero-order valence-electron chi connectivity index (χ0n) is 13.2. The van der Waals surface area contributed by atoms with Gasteiger partial charge in [0, 0.05) is 6.92 Å². The van der Waals surface area contributed by atoms with Crippen molar-refractivity contribution in [2.45, 2.75) is 50.6 Å². The molecule has 1 aromatic rings. The van der Waals surface area contributed by atoms with Gasteiger partial charge in [-0.15, -0.1) is 0 Å². The summed E-state index contributed by atoms with van der Waals surface area (Å²) in [4.78, 5) is 34.7. The van der Waals surface area contributed by atoms with Gasteiger partial charge in [0.15, 0.2) is 0 Å². The molecular formula is C17H22N2O4. The molecule has 124 valence electrons. The number of benzene rings is 1. The van der Waals surface area contributed by atoms with Crippen LogP contribution in [0.4, 0.5) is 0 Å². The van der Waals surface area contributed by atoms with Gasteiger partial charge in [-0.1, -0.05) is 30.3 Å². The minimum absolute atomic E-state index is 0.0606. The summed E-state index contributed by atoms with van der Waals surface area (Å²) in [6.45, 7) is 1.41. The molecular weight excluding hydrogens is 296 g/mol. The molecule has 0 aromatic heterocycles. The highest BCUT2D eigenvalue weighted by Crippen LogP contribution is 2.35. The first kappa shape index (κ1) is 17.0. The highest BCUT2D eigenvalue weighted by molar-refractivity contribution is 5.80. The number of hydrogen-bond acceptors (Lipinski definition) is 3. The molecule has 0 heterocycles. The van der Waals surface area contributed by atoms with Crippen molar-refractivity contribution < 1.29 is 19.5 Å². The predicted octanol–water partition coefficient (Wildman–Crippen LogP) is 1.77. The molecule has 1 aliphatic carbocycles. The topological polar surface area (TPSA) is 95.5 Å². The van der Waals surface area contributed by atoms with E-state index in [9.17, 15) is 14.4 Å². The van der Waals surface area contributed by atoms with Gasteiger partial charge in [0.05, 0.1) is 24.4 Å². The molecule has 0 aliphatic heterocycles. The third kappa shape index (κ3) is 4.81. The summed E-state index contributed by atoms with van der Waals surface area (Å²) < 4.78 is 0. The van der Waals surface area contributed by atoms with Crippen molar-refractivity contribution >= 4 is 17.8 Å². The van der Waals surface area contributed by atoms with Crippen LogP contribution in [0.2, 0.25) is 0 Å². The summed E-state index contributed by atoms with van der Waals surface area (Å²) in [5.41, 5.74) is 0.221. The van der Waals surface area contributed by atoms with Crippen LogP contribution in [0.5, 0.6) is 0 Å². The molecule has 2 amide bonds. The number of aliphatic carboxylic acids is 1. The molecule has 1 aliphatic rings. The lowest BCUT2D eigenvalue weighted by Crippen LogP contribution is -2.55. The average molecular weight is 318 g/mol. The van der Waals surface area contributed by atoms with Gasteiger partial charge in [0.2, 0.25) is 11.8 Å². The minimum Gasteiger partial charge on any atom is -0.481 e. The molecule has 0 spiro atoms. The monoisotopic (exact) mass is 318 g/mol. The van der Waals surface area contributed by atoms with Gasteiger partial charge in [-0.25, -0.2) is 0 Å². The van der Waals surface area contributed by atoms with Gasteiger partial charge < -0.3 is 15.7 Å². The first-order valence-electron chi connectivity index (χ1n) is 7.75. The maximum absolute atomic E-state index is 12.3. The highest BCUT2D eigenvalue weighted by atomic mass is 16.4. The van der Waals surface area contributed by atoms with Crippen molar-refractivity contribution in [3.8, 4) is 0 Å². The number of hydrogen-bond donors (Lipinski definition) is 3. The van der Waals surface area contributed by atoms with Crippen LogP contribution in [-0.4, -0.2) is 28.4 Å². The molecule has 6 nitrogen and oxygen atoms in total. The minimum atomic E-state index is -0.911. The summed E-state index contributed by atoms with van der Waals surface area (Å²) in [5, 5.41) is 14.6. The van der Waals surface area contributed by atoms with Crippen molar-refractivity contribution in [1.29, 1.82) is 0 Å². The van der Waals surface area contributed by atoms with Gasteiger partial charge in [-0.05, 0) is 24.8 Å². The maximum atomic E-state index is 12.3. The Hall–Kier alpha value is -2.37. The molecule has 1 atom stereocenters. The second-order valence-corrected chi connectivity index (χ2v) is 6.12. The SMILES string of the molecule is CC(=O)NC(CC(=O)NC1(CC(=O)O)CCC1)c1ccccc1. The standard InChI is InChI=1S/C17H22N2O4/c1-12(20)18-14(13-6-3-2-4-7-13)10-15(21)19-17(8-5-9-17)11-16(22)23/h2-4,6-7,14H,5,8-11H2,1H3,(H,18,20)(H,19,21)(H,22,23). The maximum Gasteiger partial charge on any atom is 0.305 e. The number of rotatable bonds is 7. The fraction of sp³-hybridized carbons (Fsp3) is 0.471. The zero-order valence-corrected chi connectivity index (χ0v) is 13.2. The number of carbonyl (C=O) groups is 3. The Morgan fingerprint density at radius 3 is 2.35 bits per heavy atom. The number of amides is 2. The van der Waals surface area contributed by atoms with Crippen molar-refractivity contribution in [1.82, 2.24) is 10.6 Å². The summed E-state index contributed by atoms with van der Waals surface area (Å²) in [7, 11) is 0. The summed E-state index contributed by atoms with van der Waals surface area (Å²) in [6, 6.07) is 8.84. The number of carbonyl (C=O) groups excluding carboxylic acids is 2. The second kappa shape index (κ2) is 7.26. The molecule has 1 saturated carbocycles. The molecule has 1 unspecified atom stereocenters. The van der Waals surface area contributed by atoms with Crippen LogP contribution in [0.3, 0.4) is 0 Å². The Balaban J connectivity index is 2.02. The van der Waals surface area contributed by atoms with E-state index in [-0.39, 0.29) is 24.7 Å². The lowest BCUT2D eigenvalue weighted by molar-refractivity contribution is -0.140. The van der Waals surface area contributed by atoms with Crippen LogP contribution >= 0.6 is 0 Å². The molecule has 1 fully saturated rings. The van der Waals surface area contributed by atoms with E-state index in [2.05, 4.69) is 10.6 Å². The van der Waals surface area contributed by atoms with Crippen LogP contribution in [0.15, 0.2) is 30.3 Å². The molecule has 23 heavy (non-hydrogen) atoms. The van der Waals surface area contributed by atoms with Crippen LogP contribution in [0, 0.1) is 0 Å². The van der Waals surface area contributed by atoms with E-state index in [1.807, 2.05) is 30.3 Å². The van der Waals surface area contributed by atoms with Crippen LogP contribution < -0.4 is 10.6 Å². The van der Waals surface area contributed by atoms with Crippen molar-refractivity contribution in [2.24, 2.45) is 0 Å².